The third kappa shape index (κ3) is 4.65. The first-order chi connectivity index (χ1) is 9.26. The minimum absolute atomic E-state index is 0.00672. The van der Waals surface area contributed by atoms with Crippen LogP contribution in [0.4, 0.5) is 11.6 Å². The molecule has 0 amide bonds. The van der Waals surface area contributed by atoms with E-state index in [4.69, 9.17) is 9.47 Å². The Kier molecular flexibility index (Phi) is 7.14. The Balaban J connectivity index is 2.74. The first-order valence-corrected chi connectivity index (χ1v) is 6.60. The fourth-order valence-corrected chi connectivity index (χ4v) is 1.83. The van der Waals surface area contributed by atoms with E-state index in [1.165, 1.54) is 0 Å². The molecule has 0 bridgehead atoms. The Morgan fingerprint density at radius 1 is 1.16 bits per heavy atom. The van der Waals surface area contributed by atoms with Crippen LogP contribution in [0.3, 0.4) is 0 Å². The lowest BCUT2D eigenvalue weighted by atomic mass is 10.2. The van der Waals surface area contributed by atoms with Crippen LogP contribution in [0.25, 0.3) is 0 Å². The highest BCUT2D eigenvalue weighted by molar-refractivity contribution is 5.57. The van der Waals surface area contributed by atoms with Crippen LogP contribution in [0, 0.1) is 0 Å². The smallest absolute Gasteiger partial charge is 0.134 e. The first kappa shape index (κ1) is 15.7. The Bertz CT molecular complexity index is 374. The van der Waals surface area contributed by atoms with Gasteiger partial charge in [0, 0.05) is 32.9 Å². The summed E-state index contributed by atoms with van der Waals surface area (Å²) in [6.45, 7) is 6.19. The standard InChI is InChI=1S/C13H24N4O2/c1-5-11-12(14-6-2)16-9-17-13(11)15-7-10(19-4)8-18-3/h9-10H,5-8H2,1-4H3,(H2,14,15,16,17). The molecule has 0 aliphatic rings. The number of anilines is 2. The summed E-state index contributed by atoms with van der Waals surface area (Å²) < 4.78 is 10.4. The van der Waals surface area contributed by atoms with Gasteiger partial charge in [0.2, 0.25) is 0 Å². The Morgan fingerprint density at radius 3 is 2.37 bits per heavy atom. The fraction of sp³-hybridized carbons (Fsp3) is 0.692. The molecule has 6 heteroatoms. The van der Waals surface area contributed by atoms with Crippen molar-refractivity contribution in [3.05, 3.63) is 11.9 Å². The molecule has 1 aromatic rings. The van der Waals surface area contributed by atoms with Crippen LogP contribution in [0.5, 0.6) is 0 Å². The van der Waals surface area contributed by atoms with Gasteiger partial charge in [-0.05, 0) is 13.3 Å². The summed E-state index contributed by atoms with van der Waals surface area (Å²) >= 11 is 0. The summed E-state index contributed by atoms with van der Waals surface area (Å²) in [5, 5.41) is 6.55. The zero-order chi connectivity index (χ0) is 14.1. The van der Waals surface area contributed by atoms with E-state index in [-0.39, 0.29) is 6.10 Å². The van der Waals surface area contributed by atoms with E-state index >= 15 is 0 Å². The molecule has 0 spiro atoms. The maximum atomic E-state index is 5.32. The van der Waals surface area contributed by atoms with Crippen molar-refractivity contribution in [2.24, 2.45) is 0 Å². The van der Waals surface area contributed by atoms with Crippen molar-refractivity contribution in [2.75, 3.05) is 44.5 Å². The van der Waals surface area contributed by atoms with Crippen molar-refractivity contribution >= 4 is 11.6 Å². The summed E-state index contributed by atoms with van der Waals surface area (Å²) in [4.78, 5) is 8.57. The second-order valence-corrected chi connectivity index (χ2v) is 4.13. The number of nitrogens with one attached hydrogen (secondary N) is 2. The molecule has 1 unspecified atom stereocenters. The predicted molar refractivity (Wildman–Crippen MR) is 76.7 cm³/mol. The van der Waals surface area contributed by atoms with E-state index in [9.17, 15) is 0 Å². The zero-order valence-corrected chi connectivity index (χ0v) is 12.2. The van der Waals surface area contributed by atoms with Crippen LogP contribution in [0.2, 0.25) is 0 Å². The Labute approximate surface area is 114 Å². The van der Waals surface area contributed by atoms with E-state index in [2.05, 4.69) is 27.5 Å². The van der Waals surface area contributed by atoms with E-state index < -0.39 is 0 Å². The summed E-state index contributed by atoms with van der Waals surface area (Å²) in [7, 11) is 3.34. The highest BCUT2D eigenvalue weighted by Crippen LogP contribution is 2.20. The lowest BCUT2D eigenvalue weighted by molar-refractivity contribution is 0.0365. The largest absolute Gasteiger partial charge is 0.382 e. The molecule has 6 nitrogen and oxygen atoms in total. The van der Waals surface area contributed by atoms with Crippen LogP contribution >= 0.6 is 0 Å². The maximum absolute atomic E-state index is 5.32. The first-order valence-electron chi connectivity index (χ1n) is 6.60. The third-order valence-electron chi connectivity index (χ3n) is 2.83. The summed E-state index contributed by atoms with van der Waals surface area (Å²) in [6, 6.07) is 0. The minimum Gasteiger partial charge on any atom is -0.382 e. The van der Waals surface area contributed by atoms with Crippen molar-refractivity contribution < 1.29 is 9.47 Å². The highest BCUT2D eigenvalue weighted by atomic mass is 16.5. The summed E-state index contributed by atoms with van der Waals surface area (Å²) in [5.41, 5.74) is 1.09. The van der Waals surface area contributed by atoms with Gasteiger partial charge in [0.25, 0.3) is 0 Å². The van der Waals surface area contributed by atoms with Crippen molar-refractivity contribution in [3.8, 4) is 0 Å². The molecule has 0 aromatic carbocycles. The van der Waals surface area contributed by atoms with Gasteiger partial charge in [0.1, 0.15) is 18.0 Å². The third-order valence-corrected chi connectivity index (χ3v) is 2.83. The molecule has 1 heterocycles. The predicted octanol–water partition coefficient (Wildman–Crippen LogP) is 1.54. The van der Waals surface area contributed by atoms with E-state index in [1.807, 2.05) is 6.92 Å². The van der Waals surface area contributed by atoms with Crippen molar-refractivity contribution in [1.29, 1.82) is 0 Å². The van der Waals surface area contributed by atoms with Gasteiger partial charge in [0.15, 0.2) is 0 Å². The molecular formula is C13H24N4O2. The number of hydrogen-bond donors (Lipinski definition) is 2. The van der Waals surface area contributed by atoms with Gasteiger partial charge < -0.3 is 20.1 Å². The average Bonchev–Trinajstić information content (AvgIpc) is 2.44. The monoisotopic (exact) mass is 268 g/mol. The van der Waals surface area contributed by atoms with Gasteiger partial charge in [0.05, 0.1) is 12.7 Å². The van der Waals surface area contributed by atoms with Gasteiger partial charge in [-0.25, -0.2) is 9.97 Å². The SMILES string of the molecule is CCNc1ncnc(NCC(COC)OC)c1CC. The molecule has 1 rings (SSSR count). The molecule has 0 saturated heterocycles. The molecule has 2 N–H and O–H groups in total. The number of hydrogen-bond acceptors (Lipinski definition) is 6. The highest BCUT2D eigenvalue weighted by Gasteiger charge is 2.11. The van der Waals surface area contributed by atoms with Gasteiger partial charge in [-0.2, -0.15) is 0 Å². The zero-order valence-electron chi connectivity index (χ0n) is 12.2. The molecule has 1 aromatic heterocycles. The number of aromatic nitrogens is 2. The van der Waals surface area contributed by atoms with Crippen molar-refractivity contribution in [1.82, 2.24) is 9.97 Å². The van der Waals surface area contributed by atoms with Crippen LogP contribution in [0.1, 0.15) is 19.4 Å². The van der Waals surface area contributed by atoms with Crippen molar-refractivity contribution in [2.45, 2.75) is 26.4 Å². The molecule has 1 atom stereocenters. The number of ether oxygens (including phenoxy) is 2. The van der Waals surface area contributed by atoms with Gasteiger partial charge in [-0.15, -0.1) is 0 Å². The number of nitrogens with zero attached hydrogens (tertiary/aromatic N) is 2. The molecule has 0 aliphatic carbocycles. The molecule has 0 fully saturated rings. The lowest BCUT2D eigenvalue weighted by Crippen LogP contribution is -2.27. The van der Waals surface area contributed by atoms with Gasteiger partial charge >= 0.3 is 0 Å². The van der Waals surface area contributed by atoms with Gasteiger partial charge in [-0.3, -0.25) is 0 Å². The Morgan fingerprint density at radius 2 is 1.84 bits per heavy atom. The van der Waals surface area contributed by atoms with Crippen LogP contribution in [0.15, 0.2) is 6.33 Å². The van der Waals surface area contributed by atoms with Crippen LogP contribution in [-0.4, -0.2) is 50.0 Å². The normalized spacial score (nSPS) is 12.2. The number of methoxy groups -OCH3 is 2. The molecule has 0 aliphatic heterocycles. The summed E-state index contributed by atoms with van der Waals surface area (Å²) in [6.07, 6.45) is 2.44. The second kappa shape index (κ2) is 8.66. The molecular weight excluding hydrogens is 244 g/mol. The van der Waals surface area contributed by atoms with Crippen LogP contribution in [-0.2, 0) is 15.9 Å². The maximum Gasteiger partial charge on any atom is 0.134 e. The molecule has 108 valence electrons. The quantitative estimate of drug-likeness (QED) is 0.708. The van der Waals surface area contributed by atoms with Crippen molar-refractivity contribution in [3.63, 3.8) is 0 Å². The topological polar surface area (TPSA) is 68.3 Å². The van der Waals surface area contributed by atoms with E-state index in [0.29, 0.717) is 13.2 Å². The van der Waals surface area contributed by atoms with E-state index in [0.717, 1.165) is 30.2 Å². The summed E-state index contributed by atoms with van der Waals surface area (Å²) in [5.74, 6) is 1.75. The Hall–Kier alpha value is -1.40. The van der Waals surface area contributed by atoms with Gasteiger partial charge in [-0.1, -0.05) is 6.92 Å². The van der Waals surface area contributed by atoms with Crippen LogP contribution < -0.4 is 10.6 Å². The molecule has 19 heavy (non-hydrogen) atoms. The van der Waals surface area contributed by atoms with E-state index in [1.54, 1.807) is 20.5 Å². The fourth-order valence-electron chi connectivity index (χ4n) is 1.83. The molecule has 0 saturated carbocycles. The molecule has 0 radical (unpaired) electrons. The number of rotatable bonds is 9. The average molecular weight is 268 g/mol. The minimum atomic E-state index is 0.00672. The lowest BCUT2D eigenvalue weighted by Gasteiger charge is -2.18. The second-order valence-electron chi connectivity index (χ2n) is 4.13.